The molecule has 0 aliphatic carbocycles. The molecular formula is C21H18F3N3O2. The van der Waals surface area contributed by atoms with Crippen molar-refractivity contribution in [1.82, 2.24) is 10.3 Å². The van der Waals surface area contributed by atoms with Crippen LogP contribution in [0.3, 0.4) is 0 Å². The highest BCUT2D eigenvalue weighted by Crippen LogP contribution is 2.29. The molecule has 8 heteroatoms. The Labute approximate surface area is 165 Å². The van der Waals surface area contributed by atoms with E-state index in [0.29, 0.717) is 30.2 Å². The quantitative estimate of drug-likeness (QED) is 0.620. The molecule has 0 saturated carbocycles. The van der Waals surface area contributed by atoms with Gasteiger partial charge in [0.1, 0.15) is 17.1 Å². The highest BCUT2D eigenvalue weighted by molar-refractivity contribution is 5.95. The number of primary amides is 1. The second-order valence-electron chi connectivity index (χ2n) is 6.28. The number of carbonyl (C=O) groups is 1. The first-order valence-corrected chi connectivity index (χ1v) is 8.70. The van der Waals surface area contributed by atoms with Crippen molar-refractivity contribution in [2.75, 3.05) is 0 Å². The van der Waals surface area contributed by atoms with Crippen LogP contribution >= 0.6 is 0 Å². The zero-order chi connectivity index (χ0) is 20.9. The molecule has 3 aromatic rings. The molecule has 0 fully saturated rings. The van der Waals surface area contributed by atoms with Crippen LogP contribution in [-0.2, 0) is 19.3 Å². The molecule has 0 saturated heterocycles. The van der Waals surface area contributed by atoms with Crippen molar-refractivity contribution in [3.63, 3.8) is 0 Å². The standard InChI is InChI=1S/C21H18F3N3O2/c22-21(23,24)16-3-1-2-15(10-16)12-27-11-14-4-6-17(7-5-14)29-19-8-9-26-13-18(19)20(25)28/h1-10,13,27H,11-12H2,(H2,25,28). The van der Waals surface area contributed by atoms with E-state index >= 15 is 0 Å². The van der Waals surface area contributed by atoms with Gasteiger partial charge in [-0.2, -0.15) is 13.2 Å². The SMILES string of the molecule is NC(=O)c1cnccc1Oc1ccc(CNCc2cccc(C(F)(F)F)c2)cc1. The zero-order valence-corrected chi connectivity index (χ0v) is 15.2. The van der Waals surface area contributed by atoms with Crippen LogP contribution in [0, 0.1) is 0 Å². The summed E-state index contributed by atoms with van der Waals surface area (Å²) in [7, 11) is 0. The van der Waals surface area contributed by atoms with Crippen molar-refractivity contribution < 1.29 is 22.7 Å². The molecule has 3 rings (SSSR count). The molecule has 0 radical (unpaired) electrons. The minimum absolute atomic E-state index is 0.180. The molecule has 0 unspecified atom stereocenters. The van der Waals surface area contributed by atoms with Crippen molar-refractivity contribution in [2.24, 2.45) is 5.73 Å². The summed E-state index contributed by atoms with van der Waals surface area (Å²) in [5.41, 5.74) is 6.29. The number of hydrogen-bond acceptors (Lipinski definition) is 4. The summed E-state index contributed by atoms with van der Waals surface area (Å²) in [6.07, 6.45) is -1.52. The first-order chi connectivity index (χ1) is 13.8. The van der Waals surface area contributed by atoms with E-state index in [1.807, 2.05) is 12.1 Å². The number of ether oxygens (including phenoxy) is 1. The predicted molar refractivity (Wildman–Crippen MR) is 101 cm³/mol. The molecule has 2 aromatic carbocycles. The molecule has 0 atom stereocenters. The van der Waals surface area contributed by atoms with Crippen molar-refractivity contribution in [2.45, 2.75) is 19.3 Å². The van der Waals surface area contributed by atoms with E-state index in [1.54, 1.807) is 24.3 Å². The number of amides is 1. The zero-order valence-electron chi connectivity index (χ0n) is 15.2. The van der Waals surface area contributed by atoms with Gasteiger partial charge in [0.15, 0.2) is 0 Å². The van der Waals surface area contributed by atoms with Crippen molar-refractivity contribution in [3.8, 4) is 11.5 Å². The van der Waals surface area contributed by atoms with E-state index in [1.165, 1.54) is 18.5 Å². The number of carbonyl (C=O) groups excluding carboxylic acids is 1. The largest absolute Gasteiger partial charge is 0.456 e. The van der Waals surface area contributed by atoms with Gasteiger partial charge in [0.25, 0.3) is 5.91 Å². The molecule has 0 spiro atoms. The van der Waals surface area contributed by atoms with Gasteiger partial charge < -0.3 is 15.8 Å². The van der Waals surface area contributed by atoms with E-state index in [9.17, 15) is 18.0 Å². The first-order valence-electron chi connectivity index (χ1n) is 8.70. The lowest BCUT2D eigenvalue weighted by molar-refractivity contribution is -0.137. The minimum Gasteiger partial charge on any atom is -0.456 e. The van der Waals surface area contributed by atoms with E-state index < -0.39 is 17.6 Å². The molecule has 0 aliphatic rings. The average molecular weight is 401 g/mol. The van der Waals surface area contributed by atoms with Gasteiger partial charge in [-0.1, -0.05) is 30.3 Å². The third-order valence-corrected chi connectivity index (χ3v) is 4.11. The number of nitrogens with one attached hydrogen (secondary N) is 1. The van der Waals surface area contributed by atoms with Crippen molar-refractivity contribution >= 4 is 5.91 Å². The Morgan fingerprint density at radius 2 is 1.76 bits per heavy atom. The van der Waals surface area contributed by atoms with E-state index in [2.05, 4.69) is 10.3 Å². The Morgan fingerprint density at radius 3 is 2.45 bits per heavy atom. The second-order valence-corrected chi connectivity index (χ2v) is 6.28. The molecule has 1 heterocycles. The van der Waals surface area contributed by atoms with Crippen LogP contribution < -0.4 is 15.8 Å². The maximum absolute atomic E-state index is 12.8. The molecule has 5 nitrogen and oxygen atoms in total. The summed E-state index contributed by atoms with van der Waals surface area (Å²) in [5.74, 6) is 0.187. The summed E-state index contributed by atoms with van der Waals surface area (Å²) >= 11 is 0. The summed E-state index contributed by atoms with van der Waals surface area (Å²) in [6, 6.07) is 13.9. The molecule has 29 heavy (non-hydrogen) atoms. The van der Waals surface area contributed by atoms with E-state index in [-0.39, 0.29) is 5.56 Å². The number of alkyl halides is 3. The third kappa shape index (κ3) is 5.55. The lowest BCUT2D eigenvalue weighted by Gasteiger charge is -2.11. The number of benzene rings is 2. The molecule has 1 aromatic heterocycles. The summed E-state index contributed by atoms with van der Waals surface area (Å²) in [4.78, 5) is 15.3. The third-order valence-electron chi connectivity index (χ3n) is 4.11. The lowest BCUT2D eigenvalue weighted by atomic mass is 10.1. The van der Waals surface area contributed by atoms with Crippen LogP contribution in [0.25, 0.3) is 0 Å². The fraction of sp³-hybridized carbons (Fsp3) is 0.143. The van der Waals surface area contributed by atoms with Crippen LogP contribution in [0.5, 0.6) is 11.5 Å². The van der Waals surface area contributed by atoms with Crippen LogP contribution in [0.15, 0.2) is 67.0 Å². The number of rotatable bonds is 7. The fourth-order valence-electron chi connectivity index (χ4n) is 2.67. The Kier molecular flexibility index (Phi) is 6.13. The Hall–Kier alpha value is -3.39. The van der Waals surface area contributed by atoms with E-state index in [4.69, 9.17) is 10.5 Å². The lowest BCUT2D eigenvalue weighted by Crippen LogP contribution is -2.14. The smallest absolute Gasteiger partial charge is 0.416 e. The van der Waals surface area contributed by atoms with Crippen molar-refractivity contribution in [3.05, 3.63) is 89.2 Å². The van der Waals surface area contributed by atoms with Gasteiger partial charge in [-0.3, -0.25) is 9.78 Å². The maximum atomic E-state index is 12.8. The van der Waals surface area contributed by atoms with Crippen molar-refractivity contribution in [1.29, 1.82) is 0 Å². The van der Waals surface area contributed by atoms with Gasteiger partial charge in [-0.15, -0.1) is 0 Å². The number of halogens is 3. The summed E-state index contributed by atoms with van der Waals surface area (Å²) in [6.45, 7) is 0.777. The number of hydrogen-bond donors (Lipinski definition) is 2. The van der Waals surface area contributed by atoms with Gasteiger partial charge in [0, 0.05) is 25.5 Å². The van der Waals surface area contributed by atoms with Crippen LogP contribution in [-0.4, -0.2) is 10.9 Å². The normalized spacial score (nSPS) is 11.3. The molecule has 150 valence electrons. The monoisotopic (exact) mass is 401 g/mol. The van der Waals surface area contributed by atoms with Gasteiger partial charge in [0.05, 0.1) is 5.56 Å². The maximum Gasteiger partial charge on any atom is 0.416 e. The van der Waals surface area contributed by atoms with Gasteiger partial charge in [-0.25, -0.2) is 0 Å². The Balaban J connectivity index is 1.57. The highest BCUT2D eigenvalue weighted by Gasteiger charge is 2.30. The second kappa shape index (κ2) is 8.74. The van der Waals surface area contributed by atoms with E-state index in [0.717, 1.165) is 17.7 Å². The average Bonchev–Trinajstić information content (AvgIpc) is 2.69. The molecule has 3 N–H and O–H groups in total. The topological polar surface area (TPSA) is 77.2 Å². The van der Waals surface area contributed by atoms with Gasteiger partial charge in [-0.05, 0) is 35.4 Å². The number of aromatic nitrogens is 1. The van der Waals surface area contributed by atoms with Gasteiger partial charge in [0.2, 0.25) is 0 Å². The number of nitrogens with two attached hydrogens (primary N) is 1. The summed E-state index contributed by atoms with van der Waals surface area (Å²) < 4.78 is 43.9. The molecule has 0 bridgehead atoms. The summed E-state index contributed by atoms with van der Waals surface area (Å²) in [5, 5.41) is 3.11. The molecule has 0 aliphatic heterocycles. The number of pyridine rings is 1. The van der Waals surface area contributed by atoms with Gasteiger partial charge >= 0.3 is 6.18 Å². The van der Waals surface area contributed by atoms with Crippen LogP contribution in [0.2, 0.25) is 0 Å². The van der Waals surface area contributed by atoms with Crippen LogP contribution in [0.4, 0.5) is 13.2 Å². The molecular weight excluding hydrogens is 383 g/mol. The predicted octanol–water partition coefficient (Wildman–Crippen LogP) is 4.28. The molecule has 1 amide bonds. The Morgan fingerprint density at radius 1 is 1.03 bits per heavy atom. The Bertz CT molecular complexity index is 989. The highest BCUT2D eigenvalue weighted by atomic mass is 19.4. The number of nitrogens with zero attached hydrogens (tertiary/aromatic N) is 1. The fourth-order valence-corrected chi connectivity index (χ4v) is 2.67. The minimum atomic E-state index is -4.35. The van der Waals surface area contributed by atoms with Crippen LogP contribution in [0.1, 0.15) is 27.0 Å². The first kappa shape index (κ1) is 20.3.